The Morgan fingerprint density at radius 2 is 1.61 bits per heavy atom. The van der Waals surface area contributed by atoms with Gasteiger partial charge in [-0.2, -0.15) is 0 Å². The summed E-state index contributed by atoms with van der Waals surface area (Å²) in [5.41, 5.74) is 0.860. The zero-order chi connectivity index (χ0) is 20.1. The number of ether oxygens (including phenoxy) is 1. The number of hydrogen-bond acceptors (Lipinski definition) is 4. The van der Waals surface area contributed by atoms with Gasteiger partial charge in [-0.15, -0.1) is 0 Å². The van der Waals surface area contributed by atoms with Crippen LogP contribution in [-0.4, -0.2) is 23.9 Å². The van der Waals surface area contributed by atoms with Crippen LogP contribution in [0.4, 0.5) is 15.8 Å². The molecule has 0 radical (unpaired) electrons. The standard InChI is InChI=1S/C20H15ClFN3O3/c1-28-18-10-5-12(21)11-17(18)25-20(27)16-4-2-3-15(24-16)19(26)23-14-8-6-13(22)7-9-14/h2-11H,1H3,(H,23,26)(H,25,27). The largest absolute Gasteiger partial charge is 0.495 e. The Morgan fingerprint density at radius 3 is 2.25 bits per heavy atom. The minimum Gasteiger partial charge on any atom is -0.495 e. The molecular weight excluding hydrogens is 385 g/mol. The Kier molecular flexibility index (Phi) is 5.86. The highest BCUT2D eigenvalue weighted by molar-refractivity contribution is 6.31. The Hall–Kier alpha value is -3.45. The molecule has 0 aliphatic rings. The minimum absolute atomic E-state index is 0.0359. The van der Waals surface area contributed by atoms with Crippen molar-refractivity contribution in [3.05, 3.63) is 82.9 Å². The number of amides is 2. The Balaban J connectivity index is 1.77. The van der Waals surface area contributed by atoms with E-state index in [0.717, 1.165) is 0 Å². The number of rotatable bonds is 5. The fourth-order valence-electron chi connectivity index (χ4n) is 2.38. The average Bonchev–Trinajstić information content (AvgIpc) is 2.70. The second kappa shape index (κ2) is 8.49. The van der Waals surface area contributed by atoms with Crippen molar-refractivity contribution in [2.45, 2.75) is 0 Å². The second-order valence-electron chi connectivity index (χ2n) is 5.67. The highest BCUT2D eigenvalue weighted by Crippen LogP contribution is 2.28. The van der Waals surface area contributed by atoms with Crippen LogP contribution in [-0.2, 0) is 0 Å². The van der Waals surface area contributed by atoms with E-state index in [0.29, 0.717) is 22.1 Å². The molecule has 2 amide bonds. The van der Waals surface area contributed by atoms with Crippen LogP contribution in [0.3, 0.4) is 0 Å². The lowest BCUT2D eigenvalue weighted by Crippen LogP contribution is -2.18. The lowest BCUT2D eigenvalue weighted by Gasteiger charge is -2.11. The van der Waals surface area contributed by atoms with E-state index in [-0.39, 0.29) is 11.4 Å². The average molecular weight is 400 g/mol. The number of hydrogen-bond donors (Lipinski definition) is 2. The van der Waals surface area contributed by atoms with E-state index in [4.69, 9.17) is 16.3 Å². The molecule has 28 heavy (non-hydrogen) atoms. The van der Waals surface area contributed by atoms with Crippen molar-refractivity contribution in [3.63, 3.8) is 0 Å². The molecule has 0 saturated heterocycles. The zero-order valence-corrected chi connectivity index (χ0v) is 15.5. The third-order valence-corrected chi connectivity index (χ3v) is 3.96. The number of halogens is 2. The number of benzene rings is 2. The van der Waals surface area contributed by atoms with Gasteiger partial charge in [0.1, 0.15) is 23.0 Å². The predicted octanol–water partition coefficient (Wildman–Crippen LogP) is 4.39. The van der Waals surface area contributed by atoms with Crippen LogP contribution in [0.5, 0.6) is 5.75 Å². The minimum atomic E-state index is -0.531. The molecule has 3 rings (SSSR count). The van der Waals surface area contributed by atoms with Crippen molar-refractivity contribution < 1.29 is 18.7 Å². The number of anilines is 2. The molecule has 0 spiro atoms. The summed E-state index contributed by atoms with van der Waals surface area (Å²) in [7, 11) is 1.47. The maximum atomic E-state index is 13.0. The van der Waals surface area contributed by atoms with Gasteiger partial charge >= 0.3 is 0 Å². The quantitative estimate of drug-likeness (QED) is 0.667. The lowest BCUT2D eigenvalue weighted by atomic mass is 10.2. The fraction of sp³-hybridized carbons (Fsp3) is 0.0500. The molecule has 3 aromatic rings. The number of carbonyl (C=O) groups is 2. The topological polar surface area (TPSA) is 80.3 Å². The van der Waals surface area contributed by atoms with Gasteiger partial charge in [-0.05, 0) is 54.6 Å². The Morgan fingerprint density at radius 1 is 0.964 bits per heavy atom. The van der Waals surface area contributed by atoms with Gasteiger partial charge in [0.25, 0.3) is 11.8 Å². The summed E-state index contributed by atoms with van der Waals surface area (Å²) in [5, 5.41) is 5.67. The summed E-state index contributed by atoms with van der Waals surface area (Å²) in [6, 6.07) is 14.6. The van der Waals surface area contributed by atoms with Crippen LogP contribution < -0.4 is 15.4 Å². The monoisotopic (exact) mass is 399 g/mol. The van der Waals surface area contributed by atoms with Gasteiger partial charge in [0.15, 0.2) is 0 Å². The third kappa shape index (κ3) is 4.63. The Bertz CT molecular complexity index is 1030. The molecule has 0 bridgehead atoms. The molecule has 142 valence electrons. The first-order chi connectivity index (χ1) is 13.5. The van der Waals surface area contributed by atoms with E-state index >= 15 is 0 Å². The van der Waals surface area contributed by atoms with Crippen molar-refractivity contribution in [1.29, 1.82) is 0 Å². The summed E-state index contributed by atoms with van der Waals surface area (Å²) in [5.74, 6) is -1.03. The van der Waals surface area contributed by atoms with Crippen molar-refractivity contribution >= 4 is 34.8 Å². The highest BCUT2D eigenvalue weighted by Gasteiger charge is 2.15. The summed E-state index contributed by atoms with van der Waals surface area (Å²) in [4.78, 5) is 28.9. The van der Waals surface area contributed by atoms with E-state index < -0.39 is 17.6 Å². The number of carbonyl (C=O) groups excluding carboxylic acids is 2. The molecule has 0 saturated carbocycles. The Labute approximate surface area is 165 Å². The summed E-state index contributed by atoms with van der Waals surface area (Å²) < 4.78 is 18.1. The van der Waals surface area contributed by atoms with Crippen molar-refractivity contribution in [2.75, 3.05) is 17.7 Å². The van der Waals surface area contributed by atoms with Crippen LogP contribution in [0, 0.1) is 5.82 Å². The molecule has 2 aromatic carbocycles. The van der Waals surface area contributed by atoms with Gasteiger partial charge in [0.05, 0.1) is 12.8 Å². The first kappa shape index (κ1) is 19.3. The fourth-order valence-corrected chi connectivity index (χ4v) is 2.55. The summed E-state index contributed by atoms with van der Waals surface area (Å²) in [6.07, 6.45) is 0. The van der Waals surface area contributed by atoms with Crippen LogP contribution in [0.2, 0.25) is 5.02 Å². The van der Waals surface area contributed by atoms with Gasteiger partial charge in [-0.25, -0.2) is 9.37 Å². The molecule has 6 nitrogen and oxygen atoms in total. The smallest absolute Gasteiger partial charge is 0.274 e. The summed E-state index contributed by atoms with van der Waals surface area (Å²) >= 11 is 5.96. The van der Waals surface area contributed by atoms with Crippen molar-refractivity contribution in [2.24, 2.45) is 0 Å². The molecule has 0 aliphatic heterocycles. The molecule has 1 heterocycles. The third-order valence-electron chi connectivity index (χ3n) is 3.73. The van der Waals surface area contributed by atoms with Gasteiger partial charge < -0.3 is 15.4 Å². The first-order valence-corrected chi connectivity index (χ1v) is 8.53. The number of nitrogens with one attached hydrogen (secondary N) is 2. The molecular formula is C20H15ClFN3O3. The SMILES string of the molecule is COc1ccc(Cl)cc1NC(=O)c1cccc(C(=O)Nc2ccc(F)cc2)n1. The zero-order valence-electron chi connectivity index (χ0n) is 14.7. The predicted molar refractivity (Wildman–Crippen MR) is 105 cm³/mol. The molecule has 1 aromatic heterocycles. The van der Waals surface area contributed by atoms with E-state index in [1.165, 1.54) is 49.6 Å². The van der Waals surface area contributed by atoms with Crippen LogP contribution >= 0.6 is 11.6 Å². The van der Waals surface area contributed by atoms with Crippen LogP contribution in [0.25, 0.3) is 0 Å². The number of methoxy groups -OCH3 is 1. The molecule has 0 fully saturated rings. The van der Waals surface area contributed by atoms with Crippen molar-refractivity contribution in [1.82, 2.24) is 4.98 Å². The van der Waals surface area contributed by atoms with E-state index in [1.807, 2.05) is 0 Å². The maximum absolute atomic E-state index is 13.0. The van der Waals surface area contributed by atoms with Gasteiger partial charge in [0.2, 0.25) is 0 Å². The molecule has 2 N–H and O–H groups in total. The van der Waals surface area contributed by atoms with E-state index in [1.54, 1.807) is 18.2 Å². The van der Waals surface area contributed by atoms with Crippen molar-refractivity contribution in [3.8, 4) is 5.75 Å². The molecule has 0 aliphatic carbocycles. The summed E-state index contributed by atoms with van der Waals surface area (Å²) in [6.45, 7) is 0. The van der Waals surface area contributed by atoms with Gasteiger partial charge in [-0.3, -0.25) is 9.59 Å². The maximum Gasteiger partial charge on any atom is 0.274 e. The normalized spacial score (nSPS) is 10.2. The van der Waals surface area contributed by atoms with Crippen LogP contribution in [0.1, 0.15) is 21.0 Å². The van der Waals surface area contributed by atoms with E-state index in [9.17, 15) is 14.0 Å². The number of aromatic nitrogens is 1. The first-order valence-electron chi connectivity index (χ1n) is 8.15. The number of pyridine rings is 1. The van der Waals surface area contributed by atoms with E-state index in [2.05, 4.69) is 15.6 Å². The highest BCUT2D eigenvalue weighted by atomic mass is 35.5. The van der Waals surface area contributed by atoms with Gasteiger partial charge in [-0.1, -0.05) is 17.7 Å². The van der Waals surface area contributed by atoms with Crippen LogP contribution in [0.15, 0.2) is 60.7 Å². The molecule has 8 heteroatoms. The number of nitrogens with zero attached hydrogens (tertiary/aromatic N) is 1. The van der Waals surface area contributed by atoms with Gasteiger partial charge in [0, 0.05) is 10.7 Å². The molecule has 0 unspecified atom stereocenters. The molecule has 0 atom stereocenters. The lowest BCUT2D eigenvalue weighted by molar-refractivity contribution is 0.101. The second-order valence-corrected chi connectivity index (χ2v) is 6.10.